The summed E-state index contributed by atoms with van der Waals surface area (Å²) in [5.74, 6) is -0.922. The zero-order valence-corrected chi connectivity index (χ0v) is 7.83. The van der Waals surface area contributed by atoms with E-state index in [0.717, 1.165) is 11.6 Å². The number of carboxylic acid groups (broad SMARTS) is 2. The maximum Gasteiger partial charge on any atom is 0.402 e. The molecule has 0 aromatic heterocycles. The summed E-state index contributed by atoms with van der Waals surface area (Å²) in [6.07, 6.45) is 1.34. The second-order valence-electron chi connectivity index (χ2n) is 2.42. The summed E-state index contributed by atoms with van der Waals surface area (Å²) in [4.78, 5) is 18.9. The first-order valence-corrected chi connectivity index (χ1v) is 3.97. The van der Waals surface area contributed by atoms with Gasteiger partial charge in [-0.15, -0.1) is 0 Å². The summed E-state index contributed by atoms with van der Waals surface area (Å²) in [6, 6.07) is 9.31. The van der Waals surface area contributed by atoms with E-state index in [1.807, 2.05) is 30.3 Å². The Hall–Kier alpha value is -2.30. The van der Waals surface area contributed by atoms with E-state index in [9.17, 15) is 4.79 Å². The van der Waals surface area contributed by atoms with Crippen LogP contribution in [0.1, 0.15) is 5.56 Å². The Kier molecular flexibility index (Phi) is 6.04. The van der Waals surface area contributed by atoms with Gasteiger partial charge >= 0.3 is 12.1 Å². The standard InChI is InChI=1S/C9H8O2.CH3NO2/c10-9(11)7-6-8-4-2-1-3-5-8;2-1(3)4/h1-7H,(H,10,11);2H2,(H,3,4). The largest absolute Gasteiger partial charge is 0.478 e. The van der Waals surface area contributed by atoms with Gasteiger partial charge in [-0.05, 0) is 11.6 Å². The van der Waals surface area contributed by atoms with E-state index in [-0.39, 0.29) is 0 Å². The van der Waals surface area contributed by atoms with Crippen LogP contribution < -0.4 is 5.73 Å². The Balaban J connectivity index is 0.000000423. The number of rotatable bonds is 2. The topological polar surface area (TPSA) is 101 Å². The Morgan fingerprint density at radius 1 is 1.13 bits per heavy atom. The van der Waals surface area contributed by atoms with Crippen molar-refractivity contribution in [2.24, 2.45) is 5.73 Å². The lowest BCUT2D eigenvalue weighted by atomic mass is 10.2. The maximum absolute atomic E-state index is 10.1. The van der Waals surface area contributed by atoms with Gasteiger partial charge in [0.2, 0.25) is 0 Å². The van der Waals surface area contributed by atoms with E-state index in [2.05, 4.69) is 5.73 Å². The molecule has 0 unspecified atom stereocenters. The minimum atomic E-state index is -1.33. The predicted octanol–water partition coefficient (Wildman–Crippen LogP) is 1.41. The highest BCUT2D eigenvalue weighted by molar-refractivity contribution is 5.85. The molecule has 0 aliphatic heterocycles. The van der Waals surface area contributed by atoms with Crippen LogP contribution in [0.25, 0.3) is 6.08 Å². The van der Waals surface area contributed by atoms with Crippen molar-refractivity contribution in [2.75, 3.05) is 0 Å². The quantitative estimate of drug-likeness (QED) is 0.641. The van der Waals surface area contributed by atoms with Gasteiger partial charge in [-0.25, -0.2) is 9.59 Å². The van der Waals surface area contributed by atoms with Crippen LogP contribution in [0, 0.1) is 0 Å². The van der Waals surface area contributed by atoms with Crippen LogP contribution in [0.2, 0.25) is 0 Å². The molecule has 0 radical (unpaired) electrons. The fourth-order valence-corrected chi connectivity index (χ4v) is 0.732. The van der Waals surface area contributed by atoms with Gasteiger partial charge in [0, 0.05) is 6.08 Å². The van der Waals surface area contributed by atoms with Gasteiger partial charge < -0.3 is 15.9 Å². The number of benzene rings is 1. The lowest BCUT2D eigenvalue weighted by Gasteiger charge is -1.87. The van der Waals surface area contributed by atoms with E-state index >= 15 is 0 Å². The summed E-state index contributed by atoms with van der Waals surface area (Å²) in [6.45, 7) is 0. The first-order valence-electron chi connectivity index (χ1n) is 3.97. The van der Waals surface area contributed by atoms with Crippen molar-refractivity contribution in [1.82, 2.24) is 0 Å². The van der Waals surface area contributed by atoms with Gasteiger partial charge in [0.05, 0.1) is 0 Å². The van der Waals surface area contributed by atoms with Gasteiger partial charge in [0.1, 0.15) is 0 Å². The molecule has 80 valence electrons. The monoisotopic (exact) mass is 209 g/mol. The molecule has 1 amide bonds. The molecule has 15 heavy (non-hydrogen) atoms. The molecule has 0 saturated carbocycles. The van der Waals surface area contributed by atoms with Gasteiger partial charge in [-0.1, -0.05) is 30.3 Å². The Bertz CT molecular complexity index is 342. The molecule has 0 fully saturated rings. The average molecular weight is 209 g/mol. The van der Waals surface area contributed by atoms with Crippen LogP contribution in [0.4, 0.5) is 4.79 Å². The summed E-state index contributed by atoms with van der Waals surface area (Å²) in [5, 5.41) is 15.5. The number of primary amides is 1. The highest BCUT2D eigenvalue weighted by Crippen LogP contribution is 1.99. The van der Waals surface area contributed by atoms with Crippen molar-refractivity contribution < 1.29 is 19.8 Å². The van der Waals surface area contributed by atoms with Crippen molar-refractivity contribution in [3.63, 3.8) is 0 Å². The van der Waals surface area contributed by atoms with Crippen molar-refractivity contribution >= 4 is 18.1 Å². The number of hydrogen-bond acceptors (Lipinski definition) is 2. The molecule has 0 saturated heterocycles. The third-order valence-electron chi connectivity index (χ3n) is 1.22. The number of carbonyl (C=O) groups is 2. The second-order valence-corrected chi connectivity index (χ2v) is 2.42. The van der Waals surface area contributed by atoms with Crippen molar-refractivity contribution in [1.29, 1.82) is 0 Å². The molecule has 1 rings (SSSR count). The summed E-state index contributed by atoms with van der Waals surface area (Å²) in [7, 11) is 0. The number of nitrogens with two attached hydrogens (primary N) is 1. The molecular weight excluding hydrogens is 198 g/mol. The van der Waals surface area contributed by atoms with E-state index in [1.54, 1.807) is 6.08 Å². The summed E-state index contributed by atoms with van der Waals surface area (Å²) >= 11 is 0. The summed E-state index contributed by atoms with van der Waals surface area (Å²) < 4.78 is 0. The molecule has 4 N–H and O–H groups in total. The second kappa shape index (κ2) is 7.14. The molecular formula is C10H11NO4. The van der Waals surface area contributed by atoms with Gasteiger partial charge in [0.25, 0.3) is 0 Å². The van der Waals surface area contributed by atoms with E-state index in [1.165, 1.54) is 0 Å². The third-order valence-corrected chi connectivity index (χ3v) is 1.22. The van der Waals surface area contributed by atoms with E-state index < -0.39 is 12.1 Å². The lowest BCUT2D eigenvalue weighted by molar-refractivity contribution is -0.131. The molecule has 1 aromatic carbocycles. The molecule has 5 nitrogen and oxygen atoms in total. The van der Waals surface area contributed by atoms with E-state index in [0.29, 0.717) is 0 Å². The first-order chi connectivity index (χ1) is 7.02. The molecule has 0 spiro atoms. The van der Waals surface area contributed by atoms with Crippen LogP contribution in [0.15, 0.2) is 36.4 Å². The van der Waals surface area contributed by atoms with Crippen LogP contribution in [-0.4, -0.2) is 22.3 Å². The first kappa shape index (κ1) is 12.7. The summed E-state index contributed by atoms with van der Waals surface area (Å²) in [5.41, 5.74) is 4.93. The van der Waals surface area contributed by atoms with Crippen molar-refractivity contribution in [2.45, 2.75) is 0 Å². The van der Waals surface area contributed by atoms with Crippen molar-refractivity contribution in [3.8, 4) is 0 Å². The highest BCUT2D eigenvalue weighted by Gasteiger charge is 1.85. The van der Waals surface area contributed by atoms with Crippen LogP contribution in [0.5, 0.6) is 0 Å². The Labute approximate surface area is 86.5 Å². The van der Waals surface area contributed by atoms with Crippen molar-refractivity contribution in [3.05, 3.63) is 42.0 Å². The molecule has 0 heterocycles. The number of amides is 1. The zero-order chi connectivity index (χ0) is 11.7. The van der Waals surface area contributed by atoms with Crippen LogP contribution >= 0.6 is 0 Å². The number of aliphatic carboxylic acids is 1. The number of carboxylic acids is 1. The van der Waals surface area contributed by atoms with Crippen LogP contribution in [0.3, 0.4) is 0 Å². The third kappa shape index (κ3) is 9.62. The fourth-order valence-electron chi connectivity index (χ4n) is 0.732. The molecule has 1 aromatic rings. The number of hydrogen-bond donors (Lipinski definition) is 3. The minimum absolute atomic E-state index is 0.898. The molecule has 0 aliphatic carbocycles. The Morgan fingerprint density at radius 3 is 2.00 bits per heavy atom. The SMILES string of the molecule is NC(=O)O.O=C(O)C=Cc1ccccc1. The van der Waals surface area contributed by atoms with Gasteiger partial charge in [-0.3, -0.25) is 0 Å². The van der Waals surface area contributed by atoms with Gasteiger partial charge in [-0.2, -0.15) is 0 Å². The minimum Gasteiger partial charge on any atom is -0.478 e. The zero-order valence-electron chi connectivity index (χ0n) is 7.83. The van der Waals surface area contributed by atoms with E-state index in [4.69, 9.17) is 15.0 Å². The fraction of sp³-hybridized carbons (Fsp3) is 0. The maximum atomic E-state index is 10.1. The average Bonchev–Trinajstić information content (AvgIpc) is 2.15. The Morgan fingerprint density at radius 2 is 1.60 bits per heavy atom. The normalized spacial score (nSPS) is 9.07. The molecule has 0 bridgehead atoms. The molecule has 5 heteroatoms. The lowest BCUT2D eigenvalue weighted by Crippen LogP contribution is -2.03. The predicted molar refractivity (Wildman–Crippen MR) is 55.3 cm³/mol. The van der Waals surface area contributed by atoms with Crippen LogP contribution in [-0.2, 0) is 4.79 Å². The molecule has 0 atom stereocenters. The highest BCUT2D eigenvalue weighted by atomic mass is 16.4. The molecule has 0 aliphatic rings. The smallest absolute Gasteiger partial charge is 0.402 e. The van der Waals surface area contributed by atoms with Gasteiger partial charge in [0.15, 0.2) is 0 Å².